The van der Waals surface area contributed by atoms with Crippen molar-refractivity contribution in [2.45, 2.75) is 39.7 Å². The predicted octanol–water partition coefficient (Wildman–Crippen LogP) is 3.59. The second kappa shape index (κ2) is 6.54. The summed E-state index contributed by atoms with van der Waals surface area (Å²) in [7, 11) is 0. The topological polar surface area (TPSA) is 32.3 Å². The van der Waals surface area contributed by atoms with Gasteiger partial charge in [-0.2, -0.15) is 0 Å². The standard InChI is InChI=1S/C14H23NO/c1-4-12(5-2)10-15-14-9-7-6-8-13(14)11(3)16/h6-9,11-12,15-16H,4-5,10H2,1-3H3. The minimum atomic E-state index is -0.412. The van der Waals surface area contributed by atoms with Crippen LogP contribution in [0.4, 0.5) is 5.69 Å². The Kier molecular flexibility index (Phi) is 5.33. The van der Waals surface area contributed by atoms with Crippen molar-refractivity contribution in [3.05, 3.63) is 29.8 Å². The van der Waals surface area contributed by atoms with Gasteiger partial charge >= 0.3 is 0 Å². The molecule has 1 atom stereocenters. The fourth-order valence-corrected chi connectivity index (χ4v) is 1.85. The number of benzene rings is 1. The molecule has 0 amide bonds. The Morgan fingerprint density at radius 1 is 1.19 bits per heavy atom. The molecule has 0 radical (unpaired) electrons. The highest BCUT2D eigenvalue weighted by atomic mass is 16.3. The van der Waals surface area contributed by atoms with Crippen molar-refractivity contribution in [1.29, 1.82) is 0 Å². The summed E-state index contributed by atoms with van der Waals surface area (Å²) < 4.78 is 0. The van der Waals surface area contributed by atoms with Gasteiger partial charge in [0.2, 0.25) is 0 Å². The van der Waals surface area contributed by atoms with Crippen LogP contribution in [0.15, 0.2) is 24.3 Å². The second-order valence-electron chi connectivity index (χ2n) is 4.33. The Hall–Kier alpha value is -1.02. The average Bonchev–Trinajstić information content (AvgIpc) is 2.30. The summed E-state index contributed by atoms with van der Waals surface area (Å²) in [6.45, 7) is 7.22. The molecule has 0 saturated heterocycles. The number of aliphatic hydroxyl groups is 1. The zero-order valence-corrected chi connectivity index (χ0v) is 10.5. The summed E-state index contributed by atoms with van der Waals surface area (Å²) in [5.41, 5.74) is 2.04. The fourth-order valence-electron chi connectivity index (χ4n) is 1.85. The molecule has 0 bridgehead atoms. The van der Waals surface area contributed by atoms with E-state index in [0.717, 1.165) is 17.8 Å². The summed E-state index contributed by atoms with van der Waals surface area (Å²) in [5.74, 6) is 0.710. The van der Waals surface area contributed by atoms with Gasteiger partial charge in [-0.1, -0.05) is 44.9 Å². The normalized spacial score (nSPS) is 12.8. The van der Waals surface area contributed by atoms with Crippen LogP contribution in [0.3, 0.4) is 0 Å². The Labute approximate surface area is 98.7 Å². The van der Waals surface area contributed by atoms with Crippen LogP contribution in [0.5, 0.6) is 0 Å². The minimum Gasteiger partial charge on any atom is -0.389 e. The third-order valence-electron chi connectivity index (χ3n) is 3.15. The van der Waals surface area contributed by atoms with Crippen LogP contribution in [-0.2, 0) is 0 Å². The molecule has 0 fully saturated rings. The highest BCUT2D eigenvalue weighted by Gasteiger charge is 2.08. The van der Waals surface area contributed by atoms with Gasteiger partial charge in [0.15, 0.2) is 0 Å². The van der Waals surface area contributed by atoms with Gasteiger partial charge in [0, 0.05) is 17.8 Å². The van der Waals surface area contributed by atoms with E-state index in [1.165, 1.54) is 12.8 Å². The quantitative estimate of drug-likeness (QED) is 0.769. The van der Waals surface area contributed by atoms with Gasteiger partial charge in [0.1, 0.15) is 0 Å². The lowest BCUT2D eigenvalue weighted by molar-refractivity contribution is 0.200. The van der Waals surface area contributed by atoms with Gasteiger partial charge in [-0.15, -0.1) is 0 Å². The van der Waals surface area contributed by atoms with Crippen molar-refractivity contribution >= 4 is 5.69 Å². The molecule has 1 aromatic rings. The van der Waals surface area contributed by atoms with Crippen molar-refractivity contribution < 1.29 is 5.11 Å². The van der Waals surface area contributed by atoms with Crippen LogP contribution in [0, 0.1) is 5.92 Å². The van der Waals surface area contributed by atoms with E-state index in [1.807, 2.05) is 24.3 Å². The van der Waals surface area contributed by atoms with Crippen LogP contribution < -0.4 is 5.32 Å². The maximum absolute atomic E-state index is 9.64. The van der Waals surface area contributed by atoms with E-state index in [-0.39, 0.29) is 0 Å². The number of aliphatic hydroxyl groups excluding tert-OH is 1. The SMILES string of the molecule is CCC(CC)CNc1ccccc1C(C)O. The molecule has 0 aliphatic heterocycles. The highest BCUT2D eigenvalue weighted by molar-refractivity contribution is 5.52. The van der Waals surface area contributed by atoms with Crippen LogP contribution in [0.1, 0.15) is 45.3 Å². The lowest BCUT2D eigenvalue weighted by Crippen LogP contribution is -2.14. The fraction of sp³-hybridized carbons (Fsp3) is 0.571. The maximum atomic E-state index is 9.64. The molecule has 1 unspecified atom stereocenters. The molecular formula is C14H23NO. The van der Waals surface area contributed by atoms with E-state index in [4.69, 9.17) is 0 Å². The van der Waals surface area contributed by atoms with Crippen LogP contribution in [-0.4, -0.2) is 11.7 Å². The summed E-state index contributed by atoms with van der Waals surface area (Å²) >= 11 is 0. The molecule has 0 heterocycles. The van der Waals surface area contributed by atoms with Gasteiger partial charge in [0.25, 0.3) is 0 Å². The molecule has 2 N–H and O–H groups in total. The lowest BCUT2D eigenvalue weighted by Gasteiger charge is -2.17. The summed E-state index contributed by atoms with van der Waals surface area (Å²) in [5, 5.41) is 13.1. The lowest BCUT2D eigenvalue weighted by atomic mass is 10.0. The predicted molar refractivity (Wildman–Crippen MR) is 69.6 cm³/mol. The van der Waals surface area contributed by atoms with E-state index >= 15 is 0 Å². The monoisotopic (exact) mass is 221 g/mol. The van der Waals surface area contributed by atoms with Crippen LogP contribution in [0.2, 0.25) is 0 Å². The van der Waals surface area contributed by atoms with Gasteiger partial charge in [-0.05, 0) is 18.9 Å². The Morgan fingerprint density at radius 3 is 2.38 bits per heavy atom. The van der Waals surface area contributed by atoms with E-state index in [9.17, 15) is 5.11 Å². The van der Waals surface area contributed by atoms with Crippen molar-refractivity contribution in [1.82, 2.24) is 0 Å². The third kappa shape index (κ3) is 3.53. The summed E-state index contributed by atoms with van der Waals surface area (Å²) in [6.07, 6.45) is 1.98. The number of hydrogen-bond acceptors (Lipinski definition) is 2. The van der Waals surface area contributed by atoms with Crippen LogP contribution >= 0.6 is 0 Å². The zero-order valence-electron chi connectivity index (χ0n) is 10.5. The molecule has 90 valence electrons. The summed E-state index contributed by atoms with van der Waals surface area (Å²) in [4.78, 5) is 0. The Bertz CT molecular complexity index is 305. The van der Waals surface area contributed by atoms with E-state index in [2.05, 4.69) is 19.2 Å². The molecule has 2 nitrogen and oxygen atoms in total. The number of nitrogens with one attached hydrogen (secondary N) is 1. The number of rotatable bonds is 6. The van der Waals surface area contributed by atoms with Crippen molar-refractivity contribution in [3.8, 4) is 0 Å². The largest absolute Gasteiger partial charge is 0.389 e. The number of hydrogen-bond donors (Lipinski definition) is 2. The Balaban J connectivity index is 2.66. The van der Waals surface area contributed by atoms with Crippen LogP contribution in [0.25, 0.3) is 0 Å². The first kappa shape index (κ1) is 13.0. The molecule has 1 rings (SSSR count). The molecule has 0 aromatic heterocycles. The second-order valence-corrected chi connectivity index (χ2v) is 4.33. The zero-order chi connectivity index (χ0) is 12.0. The molecule has 0 aliphatic rings. The third-order valence-corrected chi connectivity index (χ3v) is 3.15. The van der Waals surface area contributed by atoms with Gasteiger partial charge in [0.05, 0.1) is 6.10 Å². The number of para-hydroxylation sites is 1. The molecule has 0 aliphatic carbocycles. The van der Waals surface area contributed by atoms with E-state index in [0.29, 0.717) is 5.92 Å². The van der Waals surface area contributed by atoms with E-state index in [1.54, 1.807) is 6.92 Å². The molecule has 0 spiro atoms. The molecule has 1 aromatic carbocycles. The molecule has 16 heavy (non-hydrogen) atoms. The van der Waals surface area contributed by atoms with Gasteiger partial charge < -0.3 is 10.4 Å². The first-order valence-electron chi connectivity index (χ1n) is 6.19. The van der Waals surface area contributed by atoms with Crippen molar-refractivity contribution in [3.63, 3.8) is 0 Å². The maximum Gasteiger partial charge on any atom is 0.0781 e. The first-order chi connectivity index (χ1) is 7.69. The molecule has 2 heteroatoms. The van der Waals surface area contributed by atoms with Gasteiger partial charge in [-0.25, -0.2) is 0 Å². The summed E-state index contributed by atoms with van der Waals surface area (Å²) in [6, 6.07) is 7.97. The smallest absolute Gasteiger partial charge is 0.0781 e. The van der Waals surface area contributed by atoms with Crippen molar-refractivity contribution in [2.24, 2.45) is 5.92 Å². The van der Waals surface area contributed by atoms with E-state index < -0.39 is 6.10 Å². The molecular weight excluding hydrogens is 198 g/mol. The molecule has 0 saturated carbocycles. The Morgan fingerprint density at radius 2 is 1.81 bits per heavy atom. The van der Waals surface area contributed by atoms with Crippen molar-refractivity contribution in [2.75, 3.05) is 11.9 Å². The van der Waals surface area contributed by atoms with Gasteiger partial charge in [-0.3, -0.25) is 0 Å². The highest BCUT2D eigenvalue weighted by Crippen LogP contribution is 2.22. The minimum absolute atomic E-state index is 0.412. The number of anilines is 1. The average molecular weight is 221 g/mol. The first-order valence-corrected chi connectivity index (χ1v) is 6.19.